The number of nitrogens with one attached hydrogen (secondary N) is 2. The Hall–Kier alpha value is -2.05. The number of carbonyl (C=O) groups excluding carboxylic acids is 1. The molecule has 0 aromatic heterocycles. The zero-order chi connectivity index (χ0) is 17.2. The van der Waals surface area contributed by atoms with Crippen molar-refractivity contribution in [3.63, 3.8) is 0 Å². The van der Waals surface area contributed by atoms with E-state index in [0.717, 1.165) is 19.3 Å². The minimum Gasteiger partial charge on any atom is -0.493 e. The molecule has 2 N–H and O–H groups in total. The van der Waals surface area contributed by atoms with Crippen LogP contribution >= 0.6 is 0 Å². The van der Waals surface area contributed by atoms with Gasteiger partial charge in [0, 0.05) is 18.3 Å². The van der Waals surface area contributed by atoms with Crippen LogP contribution in [0.2, 0.25) is 0 Å². The molecule has 0 spiro atoms. The van der Waals surface area contributed by atoms with Gasteiger partial charge in [0.15, 0.2) is 11.5 Å². The quantitative estimate of drug-likeness (QED) is 0.646. The fourth-order valence-corrected chi connectivity index (χ4v) is 2.01. The normalized spacial score (nSPS) is 11.9. The number of unbranched alkanes of at least 4 members (excludes halogenated alkanes) is 2. The Morgan fingerprint density at radius 3 is 2.61 bits per heavy atom. The first kappa shape index (κ1) is 19.0. The first-order valence-electron chi connectivity index (χ1n) is 7.65. The molecule has 0 bridgehead atoms. The average molecular weight is 330 g/mol. The maximum Gasteiger partial charge on any atom is 0.387 e. The minimum atomic E-state index is -2.95. The molecule has 0 aliphatic rings. The molecule has 1 rings (SSSR count). The van der Waals surface area contributed by atoms with Crippen LogP contribution in [0, 0.1) is 0 Å². The summed E-state index contributed by atoms with van der Waals surface area (Å²) in [7, 11) is 1.37. The van der Waals surface area contributed by atoms with Gasteiger partial charge in [-0.2, -0.15) is 8.78 Å². The topological polar surface area (TPSA) is 59.6 Å². The van der Waals surface area contributed by atoms with Gasteiger partial charge in [-0.1, -0.05) is 19.8 Å². The van der Waals surface area contributed by atoms with Crippen LogP contribution in [0.5, 0.6) is 11.5 Å². The molecule has 130 valence electrons. The van der Waals surface area contributed by atoms with Gasteiger partial charge in [0.05, 0.1) is 7.11 Å². The molecule has 0 saturated heterocycles. The molecule has 0 aliphatic carbocycles. The Balaban J connectivity index is 2.63. The van der Waals surface area contributed by atoms with Crippen molar-refractivity contribution in [1.29, 1.82) is 0 Å². The first-order valence-corrected chi connectivity index (χ1v) is 7.65. The van der Waals surface area contributed by atoms with Gasteiger partial charge < -0.3 is 20.1 Å². The molecule has 7 heteroatoms. The summed E-state index contributed by atoms with van der Waals surface area (Å²) < 4.78 is 34.2. The van der Waals surface area contributed by atoms with Crippen LogP contribution in [0.15, 0.2) is 18.2 Å². The van der Waals surface area contributed by atoms with Gasteiger partial charge >= 0.3 is 6.61 Å². The van der Waals surface area contributed by atoms with E-state index >= 15 is 0 Å². The lowest BCUT2D eigenvalue weighted by Crippen LogP contribution is -2.38. The highest BCUT2D eigenvalue weighted by Gasteiger charge is 2.15. The second-order valence-corrected chi connectivity index (χ2v) is 5.11. The number of hydrogen-bond donors (Lipinski definition) is 2. The Bertz CT molecular complexity index is 498. The van der Waals surface area contributed by atoms with E-state index < -0.39 is 12.7 Å². The number of ether oxygens (including phenoxy) is 2. The summed E-state index contributed by atoms with van der Waals surface area (Å²) in [5, 5.41) is 5.78. The largest absolute Gasteiger partial charge is 0.493 e. The Morgan fingerprint density at radius 1 is 1.26 bits per heavy atom. The Kier molecular flexibility index (Phi) is 8.15. The van der Waals surface area contributed by atoms with Crippen molar-refractivity contribution < 1.29 is 23.0 Å². The summed E-state index contributed by atoms with van der Waals surface area (Å²) in [6.45, 7) is 1.47. The van der Waals surface area contributed by atoms with Gasteiger partial charge in [0.1, 0.15) is 6.04 Å². The van der Waals surface area contributed by atoms with Gasteiger partial charge in [0.25, 0.3) is 0 Å². The summed E-state index contributed by atoms with van der Waals surface area (Å²) in [4.78, 5) is 11.9. The highest BCUT2D eigenvalue weighted by atomic mass is 19.3. The molecule has 0 radical (unpaired) electrons. The van der Waals surface area contributed by atoms with E-state index in [1.54, 1.807) is 13.0 Å². The van der Waals surface area contributed by atoms with Crippen LogP contribution in [0.1, 0.15) is 33.1 Å². The SMILES string of the molecule is CCCCCNC(=O)C(C)Nc1ccc(OC)c(OC(F)F)c1. The molecule has 23 heavy (non-hydrogen) atoms. The van der Waals surface area contributed by atoms with Crippen LogP contribution < -0.4 is 20.1 Å². The van der Waals surface area contributed by atoms with E-state index in [1.165, 1.54) is 19.2 Å². The second-order valence-electron chi connectivity index (χ2n) is 5.11. The van der Waals surface area contributed by atoms with E-state index in [-0.39, 0.29) is 17.4 Å². The van der Waals surface area contributed by atoms with Crippen molar-refractivity contribution >= 4 is 11.6 Å². The molecular formula is C16H24F2N2O3. The van der Waals surface area contributed by atoms with Gasteiger partial charge in [-0.15, -0.1) is 0 Å². The van der Waals surface area contributed by atoms with E-state index in [4.69, 9.17) is 4.74 Å². The molecule has 5 nitrogen and oxygen atoms in total. The predicted octanol–water partition coefficient (Wildman–Crippen LogP) is 3.40. The van der Waals surface area contributed by atoms with Crippen molar-refractivity contribution in [2.75, 3.05) is 19.0 Å². The number of anilines is 1. The number of methoxy groups -OCH3 is 1. The van der Waals surface area contributed by atoms with Crippen LogP contribution in [0.25, 0.3) is 0 Å². The molecule has 1 atom stereocenters. The lowest BCUT2D eigenvalue weighted by atomic mass is 10.2. The molecule has 0 fully saturated rings. The van der Waals surface area contributed by atoms with Crippen LogP contribution in [0.3, 0.4) is 0 Å². The molecule has 1 unspecified atom stereocenters. The molecular weight excluding hydrogens is 306 g/mol. The second kappa shape index (κ2) is 9.86. The third-order valence-corrected chi connectivity index (χ3v) is 3.24. The van der Waals surface area contributed by atoms with Crippen molar-refractivity contribution in [2.45, 2.75) is 45.8 Å². The fraction of sp³-hybridized carbons (Fsp3) is 0.562. The fourth-order valence-electron chi connectivity index (χ4n) is 2.01. The van der Waals surface area contributed by atoms with Gasteiger partial charge in [-0.05, 0) is 25.5 Å². The van der Waals surface area contributed by atoms with Crippen LogP contribution in [-0.4, -0.2) is 32.2 Å². The maximum absolute atomic E-state index is 12.4. The van der Waals surface area contributed by atoms with Gasteiger partial charge in [-0.25, -0.2) is 0 Å². The van der Waals surface area contributed by atoms with Crippen LogP contribution in [0.4, 0.5) is 14.5 Å². The average Bonchev–Trinajstić information content (AvgIpc) is 2.51. The zero-order valence-corrected chi connectivity index (χ0v) is 13.7. The lowest BCUT2D eigenvalue weighted by molar-refractivity contribution is -0.121. The highest BCUT2D eigenvalue weighted by Crippen LogP contribution is 2.31. The highest BCUT2D eigenvalue weighted by molar-refractivity contribution is 5.84. The van der Waals surface area contributed by atoms with Crippen molar-refractivity contribution in [3.05, 3.63) is 18.2 Å². The number of rotatable bonds is 10. The van der Waals surface area contributed by atoms with E-state index in [2.05, 4.69) is 22.3 Å². The van der Waals surface area contributed by atoms with E-state index in [9.17, 15) is 13.6 Å². The van der Waals surface area contributed by atoms with Crippen molar-refractivity contribution in [3.8, 4) is 11.5 Å². The number of amides is 1. The van der Waals surface area contributed by atoms with Gasteiger partial charge in [0.2, 0.25) is 5.91 Å². The minimum absolute atomic E-state index is 0.0805. The summed E-state index contributed by atoms with van der Waals surface area (Å²) in [5.41, 5.74) is 0.498. The Morgan fingerprint density at radius 2 is 2.00 bits per heavy atom. The van der Waals surface area contributed by atoms with Crippen molar-refractivity contribution in [2.24, 2.45) is 0 Å². The molecule has 0 heterocycles. The molecule has 1 aromatic rings. The first-order chi connectivity index (χ1) is 11.0. The third kappa shape index (κ3) is 6.71. The summed E-state index contributed by atoms with van der Waals surface area (Å²) in [5.74, 6) is -0.0242. The monoisotopic (exact) mass is 330 g/mol. The standard InChI is InChI=1S/C16H24F2N2O3/c1-4-5-6-9-19-15(21)11(2)20-12-7-8-13(22-3)14(10-12)23-16(17)18/h7-8,10-11,16,20H,4-6,9H2,1-3H3,(H,19,21). The zero-order valence-electron chi connectivity index (χ0n) is 13.7. The molecule has 1 aromatic carbocycles. The predicted molar refractivity (Wildman–Crippen MR) is 85.2 cm³/mol. The summed E-state index contributed by atoms with van der Waals surface area (Å²) >= 11 is 0. The van der Waals surface area contributed by atoms with E-state index in [1.807, 2.05) is 0 Å². The van der Waals surface area contributed by atoms with Crippen molar-refractivity contribution in [1.82, 2.24) is 5.32 Å². The number of carbonyl (C=O) groups is 1. The maximum atomic E-state index is 12.4. The lowest BCUT2D eigenvalue weighted by Gasteiger charge is -2.17. The Labute approximate surface area is 135 Å². The number of halogens is 2. The molecule has 1 amide bonds. The number of benzene rings is 1. The molecule has 0 saturated carbocycles. The summed E-state index contributed by atoms with van der Waals surface area (Å²) in [6.07, 6.45) is 3.08. The van der Waals surface area contributed by atoms with Gasteiger partial charge in [-0.3, -0.25) is 4.79 Å². The van der Waals surface area contributed by atoms with Crippen LogP contribution in [-0.2, 0) is 4.79 Å². The van der Waals surface area contributed by atoms with E-state index in [0.29, 0.717) is 12.2 Å². The smallest absolute Gasteiger partial charge is 0.387 e. The number of hydrogen-bond acceptors (Lipinski definition) is 4. The number of alkyl halides is 2. The molecule has 0 aliphatic heterocycles. The summed E-state index contributed by atoms with van der Waals surface area (Å²) in [6, 6.07) is 4.03. The third-order valence-electron chi connectivity index (χ3n) is 3.24.